The fourth-order valence-electron chi connectivity index (χ4n) is 3.77. The first-order valence-electron chi connectivity index (χ1n) is 9.11. The van der Waals surface area contributed by atoms with Gasteiger partial charge in [-0.25, -0.2) is 8.78 Å². The summed E-state index contributed by atoms with van der Waals surface area (Å²) in [6, 6.07) is 20.2. The van der Waals surface area contributed by atoms with Gasteiger partial charge in [-0.2, -0.15) is 0 Å². The summed E-state index contributed by atoms with van der Waals surface area (Å²) >= 11 is 1.10. The molecule has 1 fully saturated rings. The van der Waals surface area contributed by atoms with E-state index < -0.39 is 25.6 Å². The van der Waals surface area contributed by atoms with E-state index in [4.69, 9.17) is 4.43 Å². The SMILES string of the molecule is CC(C)(C)[Si](OC[C@H]1SCC(F)(F)[C@@H]1O)(c1ccccc1)c1ccccc1. The lowest BCUT2D eigenvalue weighted by Gasteiger charge is -2.43. The number of aliphatic hydroxyl groups is 1. The molecule has 1 aliphatic rings. The lowest BCUT2D eigenvalue weighted by atomic mass is 10.1. The zero-order valence-electron chi connectivity index (χ0n) is 15.9. The summed E-state index contributed by atoms with van der Waals surface area (Å²) in [5.41, 5.74) is 0. The zero-order chi connectivity index (χ0) is 19.7. The molecule has 2 aromatic rings. The summed E-state index contributed by atoms with van der Waals surface area (Å²) < 4.78 is 34.2. The second-order valence-electron chi connectivity index (χ2n) is 8.03. The van der Waals surface area contributed by atoms with Gasteiger partial charge in [0.15, 0.2) is 0 Å². The maximum absolute atomic E-state index is 13.8. The molecule has 1 heterocycles. The van der Waals surface area contributed by atoms with Crippen molar-refractivity contribution < 1.29 is 18.3 Å². The molecule has 0 radical (unpaired) electrons. The molecule has 3 rings (SSSR count). The summed E-state index contributed by atoms with van der Waals surface area (Å²) in [6.45, 7) is 6.54. The van der Waals surface area contributed by atoms with E-state index in [0.717, 1.165) is 22.1 Å². The topological polar surface area (TPSA) is 29.5 Å². The van der Waals surface area contributed by atoms with E-state index in [1.807, 2.05) is 36.4 Å². The van der Waals surface area contributed by atoms with Crippen molar-refractivity contribution in [3.8, 4) is 0 Å². The second-order valence-corrected chi connectivity index (χ2v) is 13.6. The van der Waals surface area contributed by atoms with E-state index in [2.05, 4.69) is 45.0 Å². The minimum atomic E-state index is -3.05. The monoisotopic (exact) mass is 408 g/mol. The maximum atomic E-state index is 13.8. The Morgan fingerprint density at radius 1 is 1.04 bits per heavy atom. The Hall–Kier alpha value is -1.21. The molecule has 27 heavy (non-hydrogen) atoms. The van der Waals surface area contributed by atoms with Gasteiger partial charge in [0.05, 0.1) is 11.0 Å². The van der Waals surface area contributed by atoms with Crippen LogP contribution in [-0.2, 0) is 4.43 Å². The highest BCUT2D eigenvalue weighted by Crippen LogP contribution is 2.41. The molecule has 0 bridgehead atoms. The van der Waals surface area contributed by atoms with Gasteiger partial charge in [0.25, 0.3) is 14.2 Å². The van der Waals surface area contributed by atoms with Gasteiger partial charge in [0.1, 0.15) is 6.10 Å². The lowest BCUT2D eigenvalue weighted by Crippen LogP contribution is -2.67. The molecule has 2 aromatic carbocycles. The van der Waals surface area contributed by atoms with Crippen LogP contribution in [0.5, 0.6) is 0 Å². The van der Waals surface area contributed by atoms with Crippen LogP contribution in [0.2, 0.25) is 5.04 Å². The Labute approximate surface area is 165 Å². The molecule has 0 amide bonds. The summed E-state index contributed by atoms with van der Waals surface area (Å²) in [7, 11) is -2.76. The number of rotatable bonds is 5. The van der Waals surface area contributed by atoms with Crippen LogP contribution in [0.3, 0.4) is 0 Å². The van der Waals surface area contributed by atoms with Gasteiger partial charge in [-0.05, 0) is 15.4 Å². The van der Waals surface area contributed by atoms with Gasteiger partial charge in [0.2, 0.25) is 0 Å². The molecule has 1 saturated heterocycles. The first-order chi connectivity index (χ1) is 12.7. The Kier molecular flexibility index (Phi) is 5.82. The van der Waals surface area contributed by atoms with Crippen molar-refractivity contribution in [1.82, 2.24) is 0 Å². The number of hydrogen-bond donors (Lipinski definition) is 1. The van der Waals surface area contributed by atoms with Crippen molar-refractivity contribution in [1.29, 1.82) is 0 Å². The van der Waals surface area contributed by atoms with E-state index in [1.165, 1.54) is 0 Å². The molecule has 1 N–H and O–H groups in total. The van der Waals surface area contributed by atoms with Crippen LogP contribution < -0.4 is 10.4 Å². The molecule has 0 unspecified atom stereocenters. The standard InChI is InChI=1S/C21H26F2O2SSi/c1-20(2,3)27(16-10-6-4-7-11-16,17-12-8-5-9-13-17)25-14-18-19(24)21(22,23)15-26-18/h4-13,18-19,24H,14-15H2,1-3H3/t18-,19-/m1/s1. The number of aliphatic hydroxyl groups excluding tert-OH is 1. The Bertz CT molecular complexity index is 710. The van der Waals surface area contributed by atoms with Crippen molar-refractivity contribution in [2.24, 2.45) is 0 Å². The molecule has 0 spiro atoms. The zero-order valence-corrected chi connectivity index (χ0v) is 17.7. The number of thioether (sulfide) groups is 1. The van der Waals surface area contributed by atoms with Crippen LogP contribution in [0.25, 0.3) is 0 Å². The van der Waals surface area contributed by atoms with Crippen LogP contribution in [0.4, 0.5) is 8.78 Å². The molecule has 1 aliphatic heterocycles. The van der Waals surface area contributed by atoms with Gasteiger partial charge in [0, 0.05) is 6.61 Å². The Morgan fingerprint density at radius 3 is 1.89 bits per heavy atom. The van der Waals surface area contributed by atoms with E-state index in [1.54, 1.807) is 0 Å². The van der Waals surface area contributed by atoms with Crippen molar-refractivity contribution in [2.75, 3.05) is 12.4 Å². The van der Waals surface area contributed by atoms with Gasteiger partial charge >= 0.3 is 0 Å². The van der Waals surface area contributed by atoms with E-state index in [-0.39, 0.29) is 17.4 Å². The maximum Gasteiger partial charge on any atom is 0.283 e. The normalized spacial score (nSPS) is 22.7. The van der Waals surface area contributed by atoms with Crippen molar-refractivity contribution in [3.05, 3.63) is 60.7 Å². The third kappa shape index (κ3) is 3.85. The fourth-order valence-corrected chi connectivity index (χ4v) is 9.63. The number of benzene rings is 2. The smallest absolute Gasteiger partial charge is 0.283 e. The summed E-state index contributed by atoms with van der Waals surface area (Å²) in [6.07, 6.45) is -1.67. The number of alkyl halides is 2. The molecule has 0 aromatic heterocycles. The number of hydrogen-bond acceptors (Lipinski definition) is 3. The van der Waals surface area contributed by atoms with E-state index in [9.17, 15) is 13.9 Å². The lowest BCUT2D eigenvalue weighted by molar-refractivity contribution is -0.0836. The third-order valence-electron chi connectivity index (χ3n) is 5.16. The summed E-state index contributed by atoms with van der Waals surface area (Å²) in [4.78, 5) is 0. The van der Waals surface area contributed by atoms with Gasteiger partial charge < -0.3 is 9.53 Å². The molecule has 6 heteroatoms. The van der Waals surface area contributed by atoms with Crippen molar-refractivity contribution in [2.45, 2.75) is 43.1 Å². The molecule has 2 nitrogen and oxygen atoms in total. The number of halogens is 2. The van der Waals surface area contributed by atoms with Crippen LogP contribution in [0.15, 0.2) is 60.7 Å². The van der Waals surface area contributed by atoms with E-state index in [0.29, 0.717) is 0 Å². The van der Waals surface area contributed by atoms with Crippen molar-refractivity contribution >= 4 is 30.5 Å². The predicted octanol–water partition coefficient (Wildman–Crippen LogP) is 3.67. The average molecular weight is 409 g/mol. The first-order valence-corrected chi connectivity index (χ1v) is 12.1. The van der Waals surface area contributed by atoms with Crippen LogP contribution in [0, 0.1) is 0 Å². The van der Waals surface area contributed by atoms with Crippen LogP contribution in [0.1, 0.15) is 20.8 Å². The third-order valence-corrected chi connectivity index (χ3v) is 11.5. The summed E-state index contributed by atoms with van der Waals surface area (Å²) in [5, 5.41) is 11.4. The highest BCUT2D eigenvalue weighted by atomic mass is 32.2. The molecule has 0 aliphatic carbocycles. The van der Waals surface area contributed by atoms with Gasteiger partial charge in [-0.3, -0.25) is 0 Å². The first kappa shape index (κ1) is 20.5. The van der Waals surface area contributed by atoms with Gasteiger partial charge in [-0.1, -0.05) is 81.4 Å². The average Bonchev–Trinajstić information content (AvgIpc) is 2.90. The van der Waals surface area contributed by atoms with Crippen molar-refractivity contribution in [3.63, 3.8) is 0 Å². The molecule has 146 valence electrons. The quantitative estimate of drug-likeness (QED) is 0.766. The highest BCUT2D eigenvalue weighted by molar-refractivity contribution is 8.00. The highest BCUT2D eigenvalue weighted by Gasteiger charge is 2.54. The molecule has 0 saturated carbocycles. The molecular formula is C21H26F2O2SSi. The fraction of sp³-hybridized carbons (Fsp3) is 0.429. The van der Waals surface area contributed by atoms with Crippen LogP contribution >= 0.6 is 11.8 Å². The van der Waals surface area contributed by atoms with E-state index >= 15 is 0 Å². The minimum absolute atomic E-state index is 0.106. The summed E-state index contributed by atoms with van der Waals surface area (Å²) in [5.74, 6) is -3.41. The Morgan fingerprint density at radius 2 is 1.52 bits per heavy atom. The second kappa shape index (κ2) is 7.66. The Balaban J connectivity index is 2.02. The van der Waals surface area contributed by atoms with Gasteiger partial charge in [-0.15, -0.1) is 11.8 Å². The molecular weight excluding hydrogens is 382 g/mol. The molecule has 2 atom stereocenters. The van der Waals surface area contributed by atoms with Crippen LogP contribution in [-0.4, -0.2) is 43.1 Å². The minimum Gasteiger partial charge on any atom is -0.406 e. The predicted molar refractivity (Wildman–Crippen MR) is 111 cm³/mol. The largest absolute Gasteiger partial charge is 0.406 e.